The molecule has 1 amide bonds. The van der Waals surface area contributed by atoms with E-state index in [-0.39, 0.29) is 18.5 Å². The number of nitrogens with zero attached hydrogens (tertiary/aromatic N) is 3. The third-order valence-electron chi connectivity index (χ3n) is 3.78. The van der Waals surface area contributed by atoms with E-state index in [0.29, 0.717) is 35.3 Å². The molecule has 1 aliphatic heterocycles. The highest BCUT2D eigenvalue weighted by molar-refractivity contribution is 7.99. The number of carbonyl (C=O) groups excluding carboxylic acids is 1. The van der Waals surface area contributed by atoms with E-state index in [0.717, 1.165) is 10.6 Å². The fraction of sp³-hybridized carbons (Fsp3) is 0.222. The van der Waals surface area contributed by atoms with Gasteiger partial charge in [-0.15, -0.1) is 0 Å². The van der Waals surface area contributed by atoms with Gasteiger partial charge in [-0.3, -0.25) is 4.79 Å². The summed E-state index contributed by atoms with van der Waals surface area (Å²) in [7, 11) is 0. The Morgan fingerprint density at radius 3 is 2.89 bits per heavy atom. The van der Waals surface area contributed by atoms with Gasteiger partial charge in [0.05, 0.1) is 16.3 Å². The molecule has 0 radical (unpaired) electrons. The Balaban J connectivity index is 1.32. The van der Waals surface area contributed by atoms with Crippen LogP contribution in [0.5, 0.6) is 11.5 Å². The van der Waals surface area contributed by atoms with Crippen molar-refractivity contribution in [2.45, 2.75) is 18.4 Å². The average Bonchev–Trinajstić information content (AvgIpc) is 3.35. The SMILES string of the molecule is CCc1noc(-c2ccc(SCC(=O)Nc3ccc4c(c3)OCO4)nc2)n1. The quantitative estimate of drug-likeness (QED) is 0.647. The highest BCUT2D eigenvalue weighted by atomic mass is 32.2. The van der Waals surface area contributed by atoms with E-state index in [1.807, 2.05) is 19.1 Å². The first kappa shape index (κ1) is 17.3. The molecule has 9 heteroatoms. The molecule has 0 spiro atoms. The van der Waals surface area contributed by atoms with Crippen LogP contribution < -0.4 is 14.8 Å². The molecule has 0 fully saturated rings. The van der Waals surface area contributed by atoms with Crippen LogP contribution in [0.15, 0.2) is 46.1 Å². The van der Waals surface area contributed by atoms with Gasteiger partial charge in [0.2, 0.25) is 12.7 Å². The van der Waals surface area contributed by atoms with Gasteiger partial charge < -0.3 is 19.3 Å². The highest BCUT2D eigenvalue weighted by Crippen LogP contribution is 2.34. The summed E-state index contributed by atoms with van der Waals surface area (Å²) >= 11 is 1.34. The molecule has 3 aromatic rings. The van der Waals surface area contributed by atoms with Crippen LogP contribution in [0.3, 0.4) is 0 Å². The van der Waals surface area contributed by atoms with Crippen LogP contribution in [-0.2, 0) is 11.2 Å². The highest BCUT2D eigenvalue weighted by Gasteiger charge is 2.14. The molecule has 4 rings (SSSR count). The number of benzene rings is 1. The van der Waals surface area contributed by atoms with Gasteiger partial charge in [-0.2, -0.15) is 4.98 Å². The molecule has 2 aromatic heterocycles. The topological polar surface area (TPSA) is 99.4 Å². The fourth-order valence-corrected chi connectivity index (χ4v) is 3.06. The second kappa shape index (κ2) is 7.67. The standard InChI is InChI=1S/C18H16N4O4S/c1-2-15-21-18(26-22-15)11-3-6-17(19-8-11)27-9-16(23)20-12-4-5-13-14(7-12)25-10-24-13/h3-8H,2,9-10H2,1H3,(H,20,23). The van der Waals surface area contributed by atoms with Crippen LogP contribution in [0.25, 0.3) is 11.5 Å². The minimum atomic E-state index is -0.130. The molecule has 0 aliphatic carbocycles. The van der Waals surface area contributed by atoms with Crippen molar-refractivity contribution in [2.75, 3.05) is 17.9 Å². The van der Waals surface area contributed by atoms with Crippen LogP contribution in [0, 0.1) is 0 Å². The number of aryl methyl sites for hydroxylation is 1. The van der Waals surface area contributed by atoms with E-state index in [1.165, 1.54) is 11.8 Å². The van der Waals surface area contributed by atoms with E-state index in [2.05, 4.69) is 20.4 Å². The Kier molecular flexibility index (Phi) is 4.93. The van der Waals surface area contributed by atoms with Gasteiger partial charge in [0.25, 0.3) is 5.89 Å². The largest absolute Gasteiger partial charge is 0.454 e. The summed E-state index contributed by atoms with van der Waals surface area (Å²) in [5.74, 6) is 2.51. The molecular formula is C18H16N4O4S. The van der Waals surface area contributed by atoms with Crippen molar-refractivity contribution in [1.82, 2.24) is 15.1 Å². The summed E-state index contributed by atoms with van der Waals surface area (Å²) in [6.45, 7) is 2.16. The van der Waals surface area contributed by atoms with E-state index < -0.39 is 0 Å². The van der Waals surface area contributed by atoms with E-state index >= 15 is 0 Å². The zero-order chi connectivity index (χ0) is 18.6. The number of pyridine rings is 1. The number of nitrogens with one attached hydrogen (secondary N) is 1. The number of carbonyl (C=O) groups is 1. The number of rotatable bonds is 6. The first-order valence-electron chi connectivity index (χ1n) is 8.32. The van der Waals surface area contributed by atoms with Gasteiger partial charge >= 0.3 is 0 Å². The van der Waals surface area contributed by atoms with E-state index in [9.17, 15) is 4.79 Å². The van der Waals surface area contributed by atoms with Crippen LogP contribution in [-0.4, -0.2) is 33.6 Å². The van der Waals surface area contributed by atoms with E-state index in [4.69, 9.17) is 14.0 Å². The number of fused-ring (bicyclic) bond motifs is 1. The zero-order valence-corrected chi connectivity index (χ0v) is 15.3. The van der Waals surface area contributed by atoms with Crippen molar-refractivity contribution >= 4 is 23.4 Å². The average molecular weight is 384 g/mol. The fourth-order valence-electron chi connectivity index (χ4n) is 2.42. The van der Waals surface area contributed by atoms with Crippen LogP contribution in [0.1, 0.15) is 12.7 Å². The van der Waals surface area contributed by atoms with Crippen LogP contribution in [0.4, 0.5) is 5.69 Å². The van der Waals surface area contributed by atoms with Crippen molar-refractivity contribution in [3.8, 4) is 23.0 Å². The van der Waals surface area contributed by atoms with Crippen molar-refractivity contribution < 1.29 is 18.8 Å². The lowest BCUT2D eigenvalue weighted by molar-refractivity contribution is -0.113. The molecule has 27 heavy (non-hydrogen) atoms. The second-order valence-corrected chi connectivity index (χ2v) is 6.65. The predicted molar refractivity (Wildman–Crippen MR) is 98.8 cm³/mol. The van der Waals surface area contributed by atoms with Crippen molar-refractivity contribution in [3.05, 3.63) is 42.4 Å². The summed E-state index contributed by atoms with van der Waals surface area (Å²) in [5.41, 5.74) is 1.41. The van der Waals surface area contributed by atoms with Crippen molar-refractivity contribution in [1.29, 1.82) is 0 Å². The molecule has 0 saturated carbocycles. The normalized spacial score (nSPS) is 12.2. The molecular weight excluding hydrogens is 368 g/mol. The van der Waals surface area contributed by atoms with Gasteiger partial charge in [0.1, 0.15) is 0 Å². The van der Waals surface area contributed by atoms with Gasteiger partial charge in [0.15, 0.2) is 17.3 Å². The van der Waals surface area contributed by atoms with Gasteiger partial charge in [-0.05, 0) is 24.3 Å². The number of ether oxygens (including phenoxy) is 2. The molecule has 0 bridgehead atoms. The molecule has 1 aliphatic rings. The Bertz CT molecular complexity index is 958. The molecule has 0 unspecified atom stereocenters. The Hall–Kier alpha value is -3.07. The van der Waals surface area contributed by atoms with Gasteiger partial charge in [0, 0.05) is 24.4 Å². The number of amides is 1. The lowest BCUT2D eigenvalue weighted by Crippen LogP contribution is -2.14. The zero-order valence-electron chi connectivity index (χ0n) is 14.5. The van der Waals surface area contributed by atoms with Crippen LogP contribution >= 0.6 is 11.8 Å². The van der Waals surface area contributed by atoms with Crippen LogP contribution in [0.2, 0.25) is 0 Å². The second-order valence-electron chi connectivity index (χ2n) is 5.66. The number of anilines is 1. The smallest absolute Gasteiger partial charge is 0.259 e. The van der Waals surface area contributed by atoms with Gasteiger partial charge in [-0.1, -0.05) is 23.8 Å². The number of hydrogen-bond donors (Lipinski definition) is 1. The first-order chi connectivity index (χ1) is 13.2. The Labute approximate surface area is 159 Å². The number of hydrogen-bond acceptors (Lipinski definition) is 8. The molecule has 1 N–H and O–H groups in total. The predicted octanol–water partition coefficient (Wildman–Crippen LogP) is 3.15. The maximum atomic E-state index is 12.1. The Morgan fingerprint density at radius 1 is 1.22 bits per heavy atom. The minimum absolute atomic E-state index is 0.130. The maximum Gasteiger partial charge on any atom is 0.259 e. The summed E-state index contributed by atoms with van der Waals surface area (Å²) in [6.07, 6.45) is 2.37. The summed E-state index contributed by atoms with van der Waals surface area (Å²) < 4.78 is 15.7. The van der Waals surface area contributed by atoms with E-state index in [1.54, 1.807) is 24.4 Å². The maximum absolute atomic E-state index is 12.1. The third-order valence-corrected chi connectivity index (χ3v) is 4.72. The lowest BCUT2D eigenvalue weighted by atomic mass is 10.3. The molecule has 8 nitrogen and oxygen atoms in total. The summed E-state index contributed by atoms with van der Waals surface area (Å²) in [4.78, 5) is 20.7. The molecule has 1 aromatic carbocycles. The molecule has 138 valence electrons. The monoisotopic (exact) mass is 384 g/mol. The summed E-state index contributed by atoms with van der Waals surface area (Å²) in [5, 5.41) is 7.43. The minimum Gasteiger partial charge on any atom is -0.454 e. The van der Waals surface area contributed by atoms with Crippen molar-refractivity contribution in [3.63, 3.8) is 0 Å². The third kappa shape index (κ3) is 4.03. The lowest BCUT2D eigenvalue weighted by Gasteiger charge is -2.06. The molecule has 0 saturated heterocycles. The number of thioether (sulfide) groups is 1. The number of aromatic nitrogens is 3. The van der Waals surface area contributed by atoms with Gasteiger partial charge in [-0.25, -0.2) is 4.98 Å². The summed E-state index contributed by atoms with van der Waals surface area (Å²) in [6, 6.07) is 8.96. The molecule has 3 heterocycles. The Morgan fingerprint density at radius 2 is 2.11 bits per heavy atom. The molecule has 0 atom stereocenters. The first-order valence-corrected chi connectivity index (χ1v) is 9.31. The van der Waals surface area contributed by atoms with Crippen molar-refractivity contribution in [2.24, 2.45) is 0 Å².